The lowest BCUT2D eigenvalue weighted by atomic mass is 9.90. The number of carbonyl (C=O) groups is 1. The van der Waals surface area contributed by atoms with Crippen LogP contribution in [-0.2, 0) is 15.1 Å². The monoisotopic (exact) mass is 253 g/mol. The number of methoxy groups -OCH3 is 1. The predicted molar refractivity (Wildman–Crippen MR) is 68.8 cm³/mol. The molecule has 0 aliphatic carbocycles. The molecule has 0 spiro atoms. The first-order valence-electron chi connectivity index (χ1n) is 5.94. The number of carbonyl (C=O) groups excluding carboxylic acids is 1. The number of rotatable bonds is 4. The van der Waals surface area contributed by atoms with Crippen LogP contribution in [0, 0.1) is 12.7 Å². The molecule has 1 aromatic carbocycles. The number of aryl methyl sites for hydroxylation is 1. The number of hydrogen-bond acceptors (Lipinski definition) is 3. The number of benzene rings is 1. The maximum absolute atomic E-state index is 13.6. The number of nitrogens with one attached hydrogen (secondary N) is 1. The number of halogens is 1. The molecule has 3 nitrogen and oxygen atoms in total. The molecule has 0 radical (unpaired) electrons. The Labute approximate surface area is 107 Å². The van der Waals surface area contributed by atoms with E-state index in [1.165, 1.54) is 13.2 Å². The predicted octanol–water partition coefficient (Wildman–Crippen LogP) is 2.52. The molecule has 0 aromatic heterocycles. The van der Waals surface area contributed by atoms with Gasteiger partial charge < -0.3 is 4.74 Å². The molecule has 0 fully saturated rings. The molecule has 0 saturated carbocycles. The van der Waals surface area contributed by atoms with E-state index in [-0.39, 0.29) is 11.9 Å². The van der Waals surface area contributed by atoms with Crippen molar-refractivity contribution in [2.45, 2.75) is 39.3 Å². The van der Waals surface area contributed by atoms with Crippen molar-refractivity contribution in [1.29, 1.82) is 0 Å². The van der Waals surface area contributed by atoms with Crippen LogP contribution in [0.1, 0.15) is 31.9 Å². The van der Waals surface area contributed by atoms with Crippen molar-refractivity contribution in [3.63, 3.8) is 0 Å². The second-order valence-electron chi connectivity index (χ2n) is 4.88. The summed E-state index contributed by atoms with van der Waals surface area (Å²) < 4.78 is 18.5. The Bertz CT molecular complexity index is 445. The molecule has 1 atom stereocenters. The van der Waals surface area contributed by atoms with Crippen LogP contribution in [0.4, 0.5) is 4.39 Å². The summed E-state index contributed by atoms with van der Waals surface area (Å²) in [6, 6.07) is 4.85. The van der Waals surface area contributed by atoms with Gasteiger partial charge in [-0.05, 0) is 44.9 Å². The molecule has 1 unspecified atom stereocenters. The lowest BCUT2D eigenvalue weighted by Crippen LogP contribution is -2.50. The van der Waals surface area contributed by atoms with Crippen molar-refractivity contribution >= 4 is 5.97 Å². The van der Waals surface area contributed by atoms with Crippen LogP contribution in [-0.4, -0.2) is 19.1 Å². The fourth-order valence-electron chi connectivity index (χ4n) is 1.95. The molecule has 1 N–H and O–H groups in total. The standard InChI is InChI=1S/C14H20FNO2/c1-9(2)16-14(4,13(17)18-5)11-7-6-10(3)12(15)8-11/h6-9,16H,1-5H3. The normalized spacial score (nSPS) is 14.4. The van der Waals surface area contributed by atoms with E-state index in [0.717, 1.165) is 0 Å². The molecule has 0 saturated heterocycles. The Balaban J connectivity index is 3.25. The van der Waals surface area contributed by atoms with Crippen LogP contribution in [0.15, 0.2) is 18.2 Å². The second-order valence-corrected chi connectivity index (χ2v) is 4.88. The first-order chi connectivity index (χ1) is 8.31. The molecule has 0 aliphatic heterocycles. The van der Waals surface area contributed by atoms with E-state index in [4.69, 9.17) is 4.74 Å². The topological polar surface area (TPSA) is 38.3 Å². The van der Waals surface area contributed by atoms with Crippen molar-refractivity contribution < 1.29 is 13.9 Å². The van der Waals surface area contributed by atoms with Crippen molar-refractivity contribution in [1.82, 2.24) is 5.32 Å². The van der Waals surface area contributed by atoms with Crippen LogP contribution in [0.3, 0.4) is 0 Å². The van der Waals surface area contributed by atoms with E-state index < -0.39 is 11.5 Å². The van der Waals surface area contributed by atoms with Gasteiger partial charge >= 0.3 is 5.97 Å². The molecule has 1 rings (SSSR count). The third-order valence-electron chi connectivity index (χ3n) is 2.92. The zero-order chi connectivity index (χ0) is 13.9. The molecule has 0 bridgehead atoms. The number of hydrogen-bond donors (Lipinski definition) is 1. The Morgan fingerprint density at radius 1 is 1.44 bits per heavy atom. The van der Waals surface area contributed by atoms with Gasteiger partial charge in [0.15, 0.2) is 0 Å². The Morgan fingerprint density at radius 2 is 2.06 bits per heavy atom. The maximum atomic E-state index is 13.6. The van der Waals surface area contributed by atoms with E-state index in [1.54, 1.807) is 26.0 Å². The quantitative estimate of drug-likeness (QED) is 0.838. The fourth-order valence-corrected chi connectivity index (χ4v) is 1.95. The van der Waals surface area contributed by atoms with Gasteiger partial charge in [0.25, 0.3) is 0 Å². The highest BCUT2D eigenvalue weighted by Gasteiger charge is 2.37. The van der Waals surface area contributed by atoms with Gasteiger partial charge in [-0.2, -0.15) is 0 Å². The molecular formula is C14H20FNO2. The minimum absolute atomic E-state index is 0.0680. The first-order valence-corrected chi connectivity index (χ1v) is 5.94. The highest BCUT2D eigenvalue weighted by Crippen LogP contribution is 2.25. The van der Waals surface area contributed by atoms with Gasteiger partial charge in [0.1, 0.15) is 11.4 Å². The smallest absolute Gasteiger partial charge is 0.330 e. The van der Waals surface area contributed by atoms with Gasteiger partial charge in [-0.25, -0.2) is 9.18 Å². The SMILES string of the molecule is COC(=O)C(C)(NC(C)C)c1ccc(C)c(F)c1. The second kappa shape index (κ2) is 5.48. The van der Waals surface area contributed by atoms with Crippen LogP contribution >= 0.6 is 0 Å². The van der Waals surface area contributed by atoms with Gasteiger partial charge in [0.2, 0.25) is 0 Å². The minimum atomic E-state index is -1.04. The molecule has 100 valence electrons. The summed E-state index contributed by atoms with van der Waals surface area (Å²) in [7, 11) is 1.33. The minimum Gasteiger partial charge on any atom is -0.467 e. The van der Waals surface area contributed by atoms with Gasteiger partial charge in [-0.1, -0.05) is 12.1 Å². The highest BCUT2D eigenvalue weighted by molar-refractivity contribution is 5.82. The van der Waals surface area contributed by atoms with Crippen molar-refractivity contribution in [3.05, 3.63) is 35.1 Å². The molecule has 4 heteroatoms. The molecule has 1 aromatic rings. The summed E-state index contributed by atoms with van der Waals surface area (Å²) in [4.78, 5) is 12.0. The van der Waals surface area contributed by atoms with Crippen molar-refractivity contribution in [2.24, 2.45) is 0 Å². The Morgan fingerprint density at radius 3 is 2.50 bits per heavy atom. The Hall–Kier alpha value is -1.42. The van der Waals surface area contributed by atoms with Crippen LogP contribution < -0.4 is 5.32 Å². The summed E-state index contributed by atoms with van der Waals surface area (Å²) in [6.07, 6.45) is 0. The molecular weight excluding hydrogens is 233 g/mol. The molecule has 0 aliphatic rings. The van der Waals surface area contributed by atoms with Crippen LogP contribution in [0.25, 0.3) is 0 Å². The summed E-state index contributed by atoms with van der Waals surface area (Å²) in [6.45, 7) is 7.23. The summed E-state index contributed by atoms with van der Waals surface area (Å²) in [5.41, 5.74) is 0.0685. The lowest BCUT2D eigenvalue weighted by Gasteiger charge is -2.30. The average molecular weight is 253 g/mol. The fraction of sp³-hybridized carbons (Fsp3) is 0.500. The zero-order valence-corrected chi connectivity index (χ0v) is 11.5. The molecule has 18 heavy (non-hydrogen) atoms. The summed E-state index contributed by atoms with van der Waals surface area (Å²) in [5, 5.41) is 3.13. The zero-order valence-electron chi connectivity index (χ0n) is 11.5. The highest BCUT2D eigenvalue weighted by atomic mass is 19.1. The average Bonchev–Trinajstić information content (AvgIpc) is 2.30. The van der Waals surface area contributed by atoms with Gasteiger partial charge in [0, 0.05) is 6.04 Å². The van der Waals surface area contributed by atoms with Crippen molar-refractivity contribution in [3.8, 4) is 0 Å². The van der Waals surface area contributed by atoms with E-state index in [1.807, 2.05) is 13.8 Å². The van der Waals surface area contributed by atoms with E-state index >= 15 is 0 Å². The van der Waals surface area contributed by atoms with E-state index in [0.29, 0.717) is 11.1 Å². The maximum Gasteiger partial charge on any atom is 0.330 e. The van der Waals surface area contributed by atoms with Crippen LogP contribution in [0.5, 0.6) is 0 Å². The third-order valence-corrected chi connectivity index (χ3v) is 2.92. The largest absolute Gasteiger partial charge is 0.467 e. The van der Waals surface area contributed by atoms with Gasteiger partial charge in [-0.15, -0.1) is 0 Å². The number of esters is 1. The molecule has 0 heterocycles. The summed E-state index contributed by atoms with van der Waals surface area (Å²) >= 11 is 0. The number of ether oxygens (including phenoxy) is 1. The Kier molecular flexibility index (Phi) is 4.46. The molecule has 0 amide bonds. The van der Waals surface area contributed by atoms with Gasteiger partial charge in [0.05, 0.1) is 7.11 Å². The first kappa shape index (κ1) is 14.6. The summed E-state index contributed by atoms with van der Waals surface area (Å²) in [5.74, 6) is -0.757. The van der Waals surface area contributed by atoms with Crippen LogP contribution in [0.2, 0.25) is 0 Å². The van der Waals surface area contributed by atoms with E-state index in [2.05, 4.69) is 5.32 Å². The van der Waals surface area contributed by atoms with Gasteiger partial charge in [-0.3, -0.25) is 5.32 Å². The van der Waals surface area contributed by atoms with E-state index in [9.17, 15) is 9.18 Å². The lowest BCUT2D eigenvalue weighted by molar-refractivity contribution is -0.148. The third kappa shape index (κ3) is 2.88. The van der Waals surface area contributed by atoms with Crippen molar-refractivity contribution in [2.75, 3.05) is 7.11 Å².